The summed E-state index contributed by atoms with van der Waals surface area (Å²) >= 11 is 0. The van der Waals surface area contributed by atoms with Crippen LogP contribution in [0.5, 0.6) is 5.75 Å². The van der Waals surface area contributed by atoms with Crippen LogP contribution in [0.3, 0.4) is 0 Å². The van der Waals surface area contributed by atoms with E-state index in [9.17, 15) is 0 Å². The summed E-state index contributed by atoms with van der Waals surface area (Å²) in [5, 5.41) is 12.2. The topological polar surface area (TPSA) is 50.3 Å². The van der Waals surface area contributed by atoms with Gasteiger partial charge in [-0.1, -0.05) is 12.1 Å². The number of ether oxygens (including phenoxy) is 1. The minimum atomic E-state index is 0.492. The van der Waals surface area contributed by atoms with Crippen molar-refractivity contribution in [3.63, 3.8) is 0 Å². The fourth-order valence-corrected chi connectivity index (χ4v) is 3.52. The van der Waals surface area contributed by atoms with Crippen LogP contribution in [0.1, 0.15) is 29.7 Å². The van der Waals surface area contributed by atoms with Gasteiger partial charge < -0.3 is 15.0 Å². The van der Waals surface area contributed by atoms with Gasteiger partial charge in [-0.2, -0.15) is 5.10 Å². The Bertz CT molecular complexity index is 701. The summed E-state index contributed by atoms with van der Waals surface area (Å²) in [6.07, 6.45) is 3.43. The molecular formula is C19H24N4O. The quantitative estimate of drug-likeness (QED) is 0.936. The average Bonchev–Trinajstić information content (AvgIpc) is 3.08. The van der Waals surface area contributed by atoms with Gasteiger partial charge in [0.2, 0.25) is 0 Å². The van der Waals surface area contributed by atoms with Gasteiger partial charge in [0.1, 0.15) is 5.75 Å². The third-order valence-electron chi connectivity index (χ3n) is 4.88. The lowest BCUT2D eigenvalue weighted by molar-refractivity contribution is 0.356. The van der Waals surface area contributed by atoms with Gasteiger partial charge in [-0.25, -0.2) is 0 Å². The Labute approximate surface area is 143 Å². The van der Waals surface area contributed by atoms with Crippen LogP contribution in [-0.2, 0) is 13.0 Å². The van der Waals surface area contributed by atoms with Crippen LogP contribution >= 0.6 is 0 Å². The lowest BCUT2D eigenvalue weighted by atomic mass is 10.0. The number of rotatable bonds is 4. The van der Waals surface area contributed by atoms with Crippen molar-refractivity contribution in [3.8, 4) is 5.75 Å². The highest BCUT2D eigenvalue weighted by molar-refractivity contribution is 5.40. The van der Waals surface area contributed by atoms with Gasteiger partial charge >= 0.3 is 0 Å². The number of benzene rings is 1. The van der Waals surface area contributed by atoms with Gasteiger partial charge in [0.15, 0.2) is 5.82 Å². The number of piperidine rings is 1. The van der Waals surface area contributed by atoms with Crippen LogP contribution in [-0.4, -0.2) is 35.9 Å². The fraction of sp³-hybridized carbons (Fsp3) is 0.474. The van der Waals surface area contributed by atoms with E-state index < -0.39 is 0 Å². The molecule has 1 fully saturated rings. The third-order valence-corrected chi connectivity index (χ3v) is 4.88. The van der Waals surface area contributed by atoms with Crippen LogP contribution in [0.4, 0.5) is 5.82 Å². The number of aromatic nitrogens is 2. The van der Waals surface area contributed by atoms with Gasteiger partial charge in [0, 0.05) is 32.1 Å². The molecule has 1 aromatic carbocycles. The highest BCUT2D eigenvalue weighted by Crippen LogP contribution is 2.26. The molecule has 1 atom stereocenters. The van der Waals surface area contributed by atoms with E-state index in [0.29, 0.717) is 6.04 Å². The molecule has 2 aliphatic heterocycles. The molecule has 0 spiro atoms. The standard InChI is InChI=1S/C19H24N4O/c1-14-4-7-19(22-21-14)23-9-2-3-17(13-23)20-12-15-5-6-18-16(11-15)8-10-24-18/h4-7,11,17,20H,2-3,8-10,12-13H2,1H3. The van der Waals surface area contributed by atoms with E-state index in [2.05, 4.69) is 44.7 Å². The molecule has 2 aromatic rings. The SMILES string of the molecule is Cc1ccc(N2CCCC(NCc3ccc4c(c3)CCO4)C2)nn1. The summed E-state index contributed by atoms with van der Waals surface area (Å²) in [5.74, 6) is 2.04. The number of hydrogen-bond donors (Lipinski definition) is 1. The molecule has 0 radical (unpaired) electrons. The summed E-state index contributed by atoms with van der Waals surface area (Å²) < 4.78 is 5.58. The molecule has 4 rings (SSSR count). The molecule has 2 aliphatic rings. The highest BCUT2D eigenvalue weighted by Gasteiger charge is 2.21. The van der Waals surface area contributed by atoms with Crippen molar-refractivity contribution >= 4 is 5.82 Å². The predicted molar refractivity (Wildman–Crippen MR) is 94.5 cm³/mol. The number of nitrogens with one attached hydrogen (secondary N) is 1. The molecule has 0 aliphatic carbocycles. The normalized spacial score (nSPS) is 19.9. The van der Waals surface area contributed by atoms with Gasteiger partial charge in [-0.15, -0.1) is 5.10 Å². The fourth-order valence-electron chi connectivity index (χ4n) is 3.52. The Morgan fingerprint density at radius 1 is 1.25 bits per heavy atom. The molecule has 126 valence electrons. The zero-order valence-electron chi connectivity index (χ0n) is 14.2. The van der Waals surface area contributed by atoms with E-state index in [-0.39, 0.29) is 0 Å². The van der Waals surface area contributed by atoms with Crippen LogP contribution in [0.15, 0.2) is 30.3 Å². The largest absolute Gasteiger partial charge is 0.493 e. The molecular weight excluding hydrogens is 300 g/mol. The third kappa shape index (κ3) is 3.36. The van der Waals surface area contributed by atoms with Crippen molar-refractivity contribution in [2.45, 2.75) is 38.8 Å². The Balaban J connectivity index is 1.35. The van der Waals surface area contributed by atoms with Crippen molar-refractivity contribution in [2.24, 2.45) is 0 Å². The van der Waals surface area contributed by atoms with Crippen LogP contribution in [0.2, 0.25) is 0 Å². The number of hydrogen-bond acceptors (Lipinski definition) is 5. The second kappa shape index (κ2) is 6.77. The first-order valence-corrected chi connectivity index (χ1v) is 8.81. The minimum Gasteiger partial charge on any atom is -0.493 e. The molecule has 1 N–H and O–H groups in total. The Kier molecular flexibility index (Phi) is 4.34. The molecule has 24 heavy (non-hydrogen) atoms. The Morgan fingerprint density at radius 2 is 2.21 bits per heavy atom. The molecule has 0 saturated carbocycles. The van der Waals surface area contributed by atoms with E-state index in [1.165, 1.54) is 24.0 Å². The summed E-state index contributed by atoms with van der Waals surface area (Å²) in [7, 11) is 0. The smallest absolute Gasteiger partial charge is 0.151 e. The predicted octanol–water partition coefficient (Wildman–Crippen LogP) is 2.48. The average molecular weight is 324 g/mol. The zero-order valence-corrected chi connectivity index (χ0v) is 14.2. The number of nitrogens with zero attached hydrogens (tertiary/aromatic N) is 3. The minimum absolute atomic E-state index is 0.492. The number of aryl methyl sites for hydroxylation is 1. The summed E-state index contributed by atoms with van der Waals surface area (Å²) in [6.45, 7) is 5.75. The maximum absolute atomic E-state index is 5.58. The van der Waals surface area contributed by atoms with Crippen molar-refractivity contribution in [3.05, 3.63) is 47.2 Å². The van der Waals surface area contributed by atoms with Gasteiger partial charge in [0.05, 0.1) is 12.3 Å². The van der Waals surface area contributed by atoms with E-state index in [4.69, 9.17) is 4.74 Å². The lowest BCUT2D eigenvalue weighted by Gasteiger charge is -2.33. The van der Waals surface area contributed by atoms with Crippen molar-refractivity contribution in [2.75, 3.05) is 24.6 Å². The van der Waals surface area contributed by atoms with Gasteiger partial charge in [0.25, 0.3) is 0 Å². The summed E-state index contributed by atoms with van der Waals surface area (Å²) in [4.78, 5) is 2.34. The molecule has 1 unspecified atom stereocenters. The lowest BCUT2D eigenvalue weighted by Crippen LogP contribution is -2.45. The first kappa shape index (κ1) is 15.4. The van der Waals surface area contributed by atoms with Crippen molar-refractivity contribution < 1.29 is 4.74 Å². The van der Waals surface area contributed by atoms with E-state index in [0.717, 1.165) is 49.9 Å². The monoisotopic (exact) mass is 324 g/mol. The van der Waals surface area contributed by atoms with Crippen molar-refractivity contribution in [1.82, 2.24) is 15.5 Å². The molecule has 5 heteroatoms. The van der Waals surface area contributed by atoms with E-state index in [1.807, 2.05) is 13.0 Å². The number of anilines is 1. The van der Waals surface area contributed by atoms with Crippen molar-refractivity contribution in [1.29, 1.82) is 0 Å². The first-order chi connectivity index (χ1) is 11.8. The molecule has 0 amide bonds. The van der Waals surface area contributed by atoms with Crippen LogP contribution in [0, 0.1) is 6.92 Å². The van der Waals surface area contributed by atoms with Crippen LogP contribution < -0.4 is 15.0 Å². The Morgan fingerprint density at radius 3 is 3.08 bits per heavy atom. The highest BCUT2D eigenvalue weighted by atomic mass is 16.5. The number of fused-ring (bicyclic) bond motifs is 1. The summed E-state index contributed by atoms with van der Waals surface area (Å²) in [5.41, 5.74) is 3.65. The second-order valence-electron chi connectivity index (χ2n) is 6.74. The molecule has 1 saturated heterocycles. The molecule has 1 aromatic heterocycles. The second-order valence-corrected chi connectivity index (χ2v) is 6.74. The zero-order chi connectivity index (χ0) is 16.4. The van der Waals surface area contributed by atoms with E-state index in [1.54, 1.807) is 0 Å². The van der Waals surface area contributed by atoms with Gasteiger partial charge in [-0.3, -0.25) is 0 Å². The Hall–Kier alpha value is -2.14. The van der Waals surface area contributed by atoms with Crippen LogP contribution in [0.25, 0.3) is 0 Å². The van der Waals surface area contributed by atoms with Gasteiger partial charge in [-0.05, 0) is 49.1 Å². The van der Waals surface area contributed by atoms with E-state index >= 15 is 0 Å². The maximum Gasteiger partial charge on any atom is 0.151 e. The molecule has 0 bridgehead atoms. The maximum atomic E-state index is 5.58. The first-order valence-electron chi connectivity index (χ1n) is 8.81. The molecule has 5 nitrogen and oxygen atoms in total. The molecule has 3 heterocycles. The summed E-state index contributed by atoms with van der Waals surface area (Å²) in [6, 6.07) is 11.2.